The Bertz CT molecular complexity index is 420. The maximum Gasteiger partial charge on any atom is 0.345 e. The number of thiophene rings is 1. The van der Waals surface area contributed by atoms with Crippen molar-refractivity contribution in [3.8, 4) is 0 Å². The van der Waals surface area contributed by atoms with Gasteiger partial charge in [0.05, 0.1) is 4.88 Å². The van der Waals surface area contributed by atoms with Gasteiger partial charge in [0.1, 0.15) is 4.88 Å². The van der Waals surface area contributed by atoms with Crippen molar-refractivity contribution in [2.24, 2.45) is 0 Å². The standard InChI is InChI=1S/C14H21NO3S/c1-3-5-9-15(10-6-4-2)13(16)11-7-8-12(19-11)14(17)18/h7-8H,3-6,9-10H2,1-2H3,(H,17,18). The van der Waals surface area contributed by atoms with Gasteiger partial charge in [-0.1, -0.05) is 26.7 Å². The van der Waals surface area contributed by atoms with Gasteiger partial charge in [0.25, 0.3) is 5.91 Å². The van der Waals surface area contributed by atoms with Gasteiger partial charge in [-0.2, -0.15) is 0 Å². The second kappa shape index (κ2) is 7.94. The smallest absolute Gasteiger partial charge is 0.345 e. The van der Waals surface area contributed by atoms with E-state index in [1.807, 2.05) is 4.90 Å². The summed E-state index contributed by atoms with van der Waals surface area (Å²) in [7, 11) is 0. The van der Waals surface area contributed by atoms with Crippen LogP contribution in [0.5, 0.6) is 0 Å². The number of nitrogens with zero attached hydrogens (tertiary/aromatic N) is 1. The number of hydrogen-bond donors (Lipinski definition) is 1. The molecule has 0 saturated heterocycles. The monoisotopic (exact) mass is 283 g/mol. The minimum atomic E-state index is -0.974. The lowest BCUT2D eigenvalue weighted by molar-refractivity contribution is 0.0701. The van der Waals surface area contributed by atoms with Gasteiger partial charge >= 0.3 is 5.97 Å². The van der Waals surface area contributed by atoms with Crippen LogP contribution >= 0.6 is 11.3 Å². The third-order valence-corrected chi connectivity index (χ3v) is 3.94. The van der Waals surface area contributed by atoms with E-state index in [0.717, 1.165) is 50.1 Å². The average molecular weight is 283 g/mol. The number of amides is 1. The summed E-state index contributed by atoms with van der Waals surface area (Å²) in [5.41, 5.74) is 0. The normalized spacial score (nSPS) is 10.4. The van der Waals surface area contributed by atoms with Crippen LogP contribution in [0.1, 0.15) is 58.9 Å². The van der Waals surface area contributed by atoms with E-state index in [-0.39, 0.29) is 10.8 Å². The molecule has 0 fully saturated rings. The molecule has 1 amide bonds. The van der Waals surface area contributed by atoms with Gasteiger partial charge in [-0.05, 0) is 25.0 Å². The highest BCUT2D eigenvalue weighted by atomic mass is 32.1. The van der Waals surface area contributed by atoms with Crippen LogP contribution in [0.15, 0.2) is 12.1 Å². The molecule has 4 nitrogen and oxygen atoms in total. The predicted molar refractivity (Wildman–Crippen MR) is 77.0 cm³/mol. The zero-order valence-electron chi connectivity index (χ0n) is 11.5. The molecule has 0 aliphatic carbocycles. The first-order valence-electron chi connectivity index (χ1n) is 6.72. The molecule has 0 atom stereocenters. The molecule has 1 aromatic rings. The number of hydrogen-bond acceptors (Lipinski definition) is 3. The molecule has 1 heterocycles. The van der Waals surface area contributed by atoms with Crippen molar-refractivity contribution < 1.29 is 14.7 Å². The van der Waals surface area contributed by atoms with Gasteiger partial charge in [0.2, 0.25) is 0 Å². The van der Waals surface area contributed by atoms with Crippen molar-refractivity contribution in [3.63, 3.8) is 0 Å². The van der Waals surface area contributed by atoms with Crippen LogP contribution in [0, 0.1) is 0 Å². The summed E-state index contributed by atoms with van der Waals surface area (Å²) in [6.07, 6.45) is 4.04. The van der Waals surface area contributed by atoms with Crippen molar-refractivity contribution >= 4 is 23.2 Å². The number of carboxylic acid groups (broad SMARTS) is 1. The lowest BCUT2D eigenvalue weighted by Gasteiger charge is -2.21. The predicted octanol–water partition coefficient (Wildman–Crippen LogP) is 3.49. The molecule has 0 bridgehead atoms. The Morgan fingerprint density at radius 2 is 1.63 bits per heavy atom. The number of carbonyl (C=O) groups is 2. The Morgan fingerprint density at radius 1 is 1.11 bits per heavy atom. The van der Waals surface area contributed by atoms with Gasteiger partial charge in [0.15, 0.2) is 0 Å². The summed E-state index contributed by atoms with van der Waals surface area (Å²) in [6, 6.07) is 3.11. The van der Waals surface area contributed by atoms with Gasteiger partial charge in [-0.15, -0.1) is 11.3 Å². The zero-order valence-corrected chi connectivity index (χ0v) is 12.3. The maximum atomic E-state index is 12.3. The topological polar surface area (TPSA) is 57.6 Å². The number of aromatic carboxylic acids is 1. The first-order valence-corrected chi connectivity index (χ1v) is 7.54. The lowest BCUT2D eigenvalue weighted by atomic mass is 10.2. The fourth-order valence-corrected chi connectivity index (χ4v) is 2.55. The Hall–Kier alpha value is -1.36. The van der Waals surface area contributed by atoms with Crippen molar-refractivity contribution in [1.29, 1.82) is 0 Å². The van der Waals surface area contributed by atoms with E-state index < -0.39 is 5.97 Å². The Morgan fingerprint density at radius 3 is 2.05 bits per heavy atom. The van der Waals surface area contributed by atoms with Gasteiger partial charge in [-0.3, -0.25) is 4.79 Å². The number of carbonyl (C=O) groups excluding carboxylic acids is 1. The van der Waals surface area contributed by atoms with E-state index >= 15 is 0 Å². The second-order valence-electron chi connectivity index (χ2n) is 4.47. The van der Waals surface area contributed by atoms with Crippen molar-refractivity contribution in [2.45, 2.75) is 39.5 Å². The first-order chi connectivity index (χ1) is 9.10. The average Bonchev–Trinajstić information content (AvgIpc) is 2.88. The summed E-state index contributed by atoms with van der Waals surface area (Å²) >= 11 is 1.05. The molecule has 0 unspecified atom stereocenters. The van der Waals surface area contributed by atoms with Crippen LogP contribution in [-0.4, -0.2) is 35.0 Å². The van der Waals surface area contributed by atoms with E-state index in [1.54, 1.807) is 6.07 Å². The molecule has 0 spiro atoms. The zero-order chi connectivity index (χ0) is 14.3. The van der Waals surface area contributed by atoms with Crippen molar-refractivity contribution in [2.75, 3.05) is 13.1 Å². The Labute approximate surface area is 118 Å². The van der Waals surface area contributed by atoms with Crippen LogP contribution in [0.4, 0.5) is 0 Å². The molecule has 5 heteroatoms. The highest BCUT2D eigenvalue weighted by Gasteiger charge is 2.18. The van der Waals surface area contributed by atoms with E-state index in [9.17, 15) is 9.59 Å². The van der Waals surface area contributed by atoms with Crippen molar-refractivity contribution in [1.82, 2.24) is 4.90 Å². The summed E-state index contributed by atoms with van der Waals surface area (Å²) < 4.78 is 0. The van der Waals surface area contributed by atoms with E-state index in [0.29, 0.717) is 4.88 Å². The van der Waals surface area contributed by atoms with Crippen molar-refractivity contribution in [3.05, 3.63) is 21.9 Å². The summed E-state index contributed by atoms with van der Waals surface area (Å²) in [4.78, 5) is 25.7. The quantitative estimate of drug-likeness (QED) is 0.794. The highest BCUT2D eigenvalue weighted by Crippen LogP contribution is 2.19. The molecular weight excluding hydrogens is 262 g/mol. The first kappa shape index (κ1) is 15.7. The van der Waals surface area contributed by atoms with Crippen LogP contribution in [0.2, 0.25) is 0 Å². The van der Waals surface area contributed by atoms with E-state index in [4.69, 9.17) is 5.11 Å². The minimum absolute atomic E-state index is 0.0422. The van der Waals surface area contributed by atoms with Gasteiger partial charge in [0, 0.05) is 13.1 Å². The Balaban J connectivity index is 2.75. The van der Waals surface area contributed by atoms with Crippen LogP contribution in [0.3, 0.4) is 0 Å². The van der Waals surface area contributed by atoms with Crippen LogP contribution in [-0.2, 0) is 0 Å². The minimum Gasteiger partial charge on any atom is -0.477 e. The molecule has 1 rings (SSSR count). The molecule has 0 aromatic carbocycles. The molecular formula is C14H21NO3S. The summed E-state index contributed by atoms with van der Waals surface area (Å²) in [6.45, 7) is 5.68. The largest absolute Gasteiger partial charge is 0.477 e. The van der Waals surface area contributed by atoms with Gasteiger partial charge in [-0.25, -0.2) is 4.79 Å². The van der Waals surface area contributed by atoms with Gasteiger partial charge < -0.3 is 10.0 Å². The number of carboxylic acids is 1. The molecule has 0 aliphatic heterocycles. The third kappa shape index (κ3) is 4.67. The fourth-order valence-electron chi connectivity index (χ4n) is 1.74. The maximum absolute atomic E-state index is 12.3. The SMILES string of the molecule is CCCCN(CCCC)C(=O)c1ccc(C(=O)O)s1. The molecule has 0 saturated carbocycles. The number of unbranched alkanes of at least 4 members (excludes halogenated alkanes) is 2. The van der Waals surface area contributed by atoms with Crippen LogP contribution in [0.25, 0.3) is 0 Å². The fraction of sp³-hybridized carbons (Fsp3) is 0.571. The highest BCUT2D eigenvalue weighted by molar-refractivity contribution is 7.15. The molecule has 0 aliphatic rings. The second-order valence-corrected chi connectivity index (χ2v) is 5.55. The molecule has 1 aromatic heterocycles. The summed E-state index contributed by atoms with van der Waals surface area (Å²) in [5, 5.41) is 8.89. The molecule has 19 heavy (non-hydrogen) atoms. The number of rotatable bonds is 8. The third-order valence-electron chi connectivity index (χ3n) is 2.88. The van der Waals surface area contributed by atoms with Crippen LogP contribution < -0.4 is 0 Å². The molecule has 106 valence electrons. The van der Waals surface area contributed by atoms with E-state index in [2.05, 4.69) is 13.8 Å². The molecule has 0 radical (unpaired) electrons. The van der Waals surface area contributed by atoms with E-state index in [1.165, 1.54) is 6.07 Å². The molecule has 1 N–H and O–H groups in total. The Kier molecular flexibility index (Phi) is 6.56. The lowest BCUT2D eigenvalue weighted by Crippen LogP contribution is -2.32. The summed E-state index contributed by atoms with van der Waals surface area (Å²) in [5.74, 6) is -1.02.